The van der Waals surface area contributed by atoms with Gasteiger partial charge in [-0.25, -0.2) is 4.98 Å². The van der Waals surface area contributed by atoms with Gasteiger partial charge in [0, 0.05) is 0 Å². The third-order valence-electron chi connectivity index (χ3n) is 3.46. The second kappa shape index (κ2) is 4.81. The number of fused-ring (bicyclic) bond motifs is 1. The molecule has 3 rings (SSSR count). The first-order valence-electron chi connectivity index (χ1n) is 6.81. The molecule has 0 radical (unpaired) electrons. The van der Waals surface area contributed by atoms with Crippen LogP contribution in [0.5, 0.6) is 0 Å². The van der Waals surface area contributed by atoms with Crippen LogP contribution in [0.25, 0.3) is 22.6 Å². The maximum absolute atomic E-state index is 11.2. The van der Waals surface area contributed by atoms with Gasteiger partial charge in [-0.3, -0.25) is 4.57 Å². The molecule has 0 saturated heterocycles. The number of furan rings is 1. The van der Waals surface area contributed by atoms with Crippen LogP contribution in [-0.4, -0.2) is 19.8 Å². The van der Waals surface area contributed by atoms with Gasteiger partial charge in [-0.05, 0) is 35.2 Å². The molecule has 3 aromatic rings. The van der Waals surface area contributed by atoms with Crippen molar-refractivity contribution in [1.82, 2.24) is 9.97 Å². The molecule has 0 aliphatic carbocycles. The number of hydrogen-bond acceptors (Lipinski definition) is 3. The molecule has 6 nitrogen and oxygen atoms in total. The lowest BCUT2D eigenvalue weighted by molar-refractivity contribution is 0.377. The van der Waals surface area contributed by atoms with E-state index in [4.69, 9.17) is 14.2 Å². The third kappa shape index (κ3) is 2.73. The van der Waals surface area contributed by atoms with E-state index < -0.39 is 7.60 Å². The van der Waals surface area contributed by atoms with Gasteiger partial charge in [-0.15, -0.1) is 0 Å². The highest BCUT2D eigenvalue weighted by Crippen LogP contribution is 2.35. The second-order valence-electron chi connectivity index (χ2n) is 6.25. The molecule has 0 aliphatic heterocycles. The van der Waals surface area contributed by atoms with Crippen LogP contribution in [0.1, 0.15) is 26.3 Å². The van der Waals surface area contributed by atoms with Crippen LogP contribution in [0, 0.1) is 0 Å². The third-order valence-corrected chi connectivity index (χ3v) is 4.27. The largest absolute Gasteiger partial charge is 0.445 e. The fraction of sp³-hybridized carbons (Fsp3) is 0.267. The summed E-state index contributed by atoms with van der Waals surface area (Å²) in [5.74, 6) is 0.743. The van der Waals surface area contributed by atoms with Crippen LogP contribution in [-0.2, 0) is 9.98 Å². The Balaban J connectivity index is 2.05. The highest BCUT2D eigenvalue weighted by molar-refractivity contribution is 7.59. The van der Waals surface area contributed by atoms with Crippen molar-refractivity contribution in [2.75, 3.05) is 0 Å². The number of nitrogens with one attached hydrogen (secondary N) is 1. The molecule has 0 aliphatic rings. The number of imidazole rings is 1. The van der Waals surface area contributed by atoms with E-state index in [1.807, 2.05) is 18.2 Å². The van der Waals surface area contributed by atoms with Gasteiger partial charge in [0.15, 0.2) is 11.6 Å². The Morgan fingerprint density at radius 3 is 2.50 bits per heavy atom. The Morgan fingerprint density at radius 1 is 1.18 bits per heavy atom. The Morgan fingerprint density at radius 2 is 1.91 bits per heavy atom. The quantitative estimate of drug-likeness (QED) is 0.630. The summed E-state index contributed by atoms with van der Waals surface area (Å²) in [5.41, 5.74) is 2.47. The predicted molar refractivity (Wildman–Crippen MR) is 84.2 cm³/mol. The summed E-state index contributed by atoms with van der Waals surface area (Å²) in [6.45, 7) is 6.39. The molecular weight excluding hydrogens is 303 g/mol. The van der Waals surface area contributed by atoms with Gasteiger partial charge in [0.25, 0.3) is 0 Å². The lowest BCUT2D eigenvalue weighted by atomic mass is 9.87. The summed E-state index contributed by atoms with van der Waals surface area (Å²) < 4.78 is 16.4. The SMILES string of the molecule is CC(C)(C)c1ccc2nc(-c3ccc(P(=O)(O)O)o3)[nH]c2c1. The van der Waals surface area contributed by atoms with E-state index in [1.165, 1.54) is 17.7 Å². The minimum atomic E-state index is -4.39. The number of benzene rings is 1. The van der Waals surface area contributed by atoms with Crippen molar-refractivity contribution in [2.45, 2.75) is 26.2 Å². The molecule has 1 aromatic carbocycles. The van der Waals surface area contributed by atoms with Crippen molar-refractivity contribution in [2.24, 2.45) is 0 Å². The van der Waals surface area contributed by atoms with E-state index in [9.17, 15) is 4.57 Å². The van der Waals surface area contributed by atoms with Crippen molar-refractivity contribution in [3.63, 3.8) is 0 Å². The summed E-state index contributed by atoms with van der Waals surface area (Å²) in [7, 11) is -4.39. The molecule has 7 heteroatoms. The minimum Gasteiger partial charge on any atom is -0.445 e. The number of rotatable bonds is 2. The zero-order chi connectivity index (χ0) is 16.1. The smallest absolute Gasteiger partial charge is 0.391 e. The fourth-order valence-electron chi connectivity index (χ4n) is 2.20. The monoisotopic (exact) mass is 320 g/mol. The predicted octanol–water partition coefficient (Wildman–Crippen LogP) is 2.92. The summed E-state index contributed by atoms with van der Waals surface area (Å²) in [5, 5.41) is 0. The topological polar surface area (TPSA) is 99.3 Å². The van der Waals surface area contributed by atoms with E-state index in [0.717, 1.165) is 11.0 Å². The molecule has 0 saturated carbocycles. The Labute approximate surface area is 127 Å². The highest BCUT2D eigenvalue weighted by Gasteiger charge is 2.23. The summed E-state index contributed by atoms with van der Waals surface area (Å²) in [4.78, 5) is 25.7. The van der Waals surface area contributed by atoms with Crippen molar-refractivity contribution >= 4 is 24.1 Å². The molecule has 22 heavy (non-hydrogen) atoms. The van der Waals surface area contributed by atoms with E-state index in [2.05, 4.69) is 30.7 Å². The molecule has 0 amide bonds. The van der Waals surface area contributed by atoms with Crippen LogP contribution in [0.2, 0.25) is 0 Å². The molecule has 116 valence electrons. The fourth-order valence-corrected chi connectivity index (χ4v) is 2.69. The van der Waals surface area contributed by atoms with Crippen molar-refractivity contribution < 1.29 is 18.8 Å². The normalized spacial score (nSPS) is 13.0. The zero-order valence-electron chi connectivity index (χ0n) is 12.5. The highest BCUT2D eigenvalue weighted by atomic mass is 31.2. The van der Waals surface area contributed by atoms with Crippen LogP contribution in [0.3, 0.4) is 0 Å². The first-order valence-corrected chi connectivity index (χ1v) is 8.42. The molecule has 0 bridgehead atoms. The average Bonchev–Trinajstić information content (AvgIpc) is 3.02. The Hall–Kier alpha value is -1.88. The number of hydrogen-bond donors (Lipinski definition) is 3. The molecule has 3 N–H and O–H groups in total. The lowest BCUT2D eigenvalue weighted by Gasteiger charge is -2.18. The molecule has 0 fully saturated rings. The standard InChI is InChI=1S/C15H17N2O4P/c1-15(2,3)9-4-5-10-11(8-9)17-14(16-10)12-6-7-13(21-12)22(18,19)20/h4-8H,1-3H3,(H,16,17)(H2,18,19,20). The maximum atomic E-state index is 11.2. The van der Waals surface area contributed by atoms with Crippen molar-refractivity contribution in [3.05, 3.63) is 35.9 Å². The van der Waals surface area contributed by atoms with Crippen molar-refractivity contribution in [3.8, 4) is 11.6 Å². The van der Waals surface area contributed by atoms with Crippen LogP contribution >= 0.6 is 7.60 Å². The summed E-state index contributed by atoms with van der Waals surface area (Å²) in [6, 6.07) is 8.73. The van der Waals surface area contributed by atoms with Gasteiger partial charge in [0.2, 0.25) is 5.50 Å². The van der Waals surface area contributed by atoms with Gasteiger partial charge in [0.1, 0.15) is 0 Å². The van der Waals surface area contributed by atoms with Gasteiger partial charge in [-0.2, -0.15) is 0 Å². The zero-order valence-corrected chi connectivity index (χ0v) is 13.4. The first kappa shape index (κ1) is 15.0. The molecule has 0 atom stereocenters. The van der Waals surface area contributed by atoms with Crippen LogP contribution in [0.4, 0.5) is 0 Å². The van der Waals surface area contributed by atoms with Crippen LogP contribution < -0.4 is 5.50 Å². The number of aromatic nitrogens is 2. The average molecular weight is 320 g/mol. The van der Waals surface area contributed by atoms with Crippen molar-refractivity contribution in [1.29, 1.82) is 0 Å². The van der Waals surface area contributed by atoms with E-state index in [1.54, 1.807) is 0 Å². The van der Waals surface area contributed by atoms with E-state index in [0.29, 0.717) is 11.6 Å². The second-order valence-corrected chi connectivity index (χ2v) is 7.78. The minimum absolute atomic E-state index is 0.0255. The number of nitrogens with zero attached hydrogens (tertiary/aromatic N) is 1. The van der Waals surface area contributed by atoms with Gasteiger partial charge in [-0.1, -0.05) is 26.8 Å². The van der Waals surface area contributed by atoms with Gasteiger partial charge in [0.05, 0.1) is 11.0 Å². The molecular formula is C15H17N2O4P. The van der Waals surface area contributed by atoms with Crippen LogP contribution in [0.15, 0.2) is 34.7 Å². The summed E-state index contributed by atoms with van der Waals surface area (Å²) >= 11 is 0. The molecule has 0 spiro atoms. The Bertz CT molecular complexity index is 882. The summed E-state index contributed by atoms with van der Waals surface area (Å²) in [6.07, 6.45) is 0. The molecule has 2 heterocycles. The van der Waals surface area contributed by atoms with E-state index in [-0.39, 0.29) is 10.9 Å². The first-order chi connectivity index (χ1) is 10.1. The van der Waals surface area contributed by atoms with Gasteiger partial charge >= 0.3 is 7.60 Å². The van der Waals surface area contributed by atoms with Gasteiger partial charge < -0.3 is 19.2 Å². The Kier molecular flexibility index (Phi) is 3.29. The molecule has 2 aromatic heterocycles. The number of H-pyrrole nitrogens is 1. The maximum Gasteiger partial charge on any atom is 0.391 e. The molecule has 0 unspecified atom stereocenters. The van der Waals surface area contributed by atoms with E-state index >= 15 is 0 Å². The number of aromatic amines is 1. The lowest BCUT2D eigenvalue weighted by Crippen LogP contribution is -2.10.